The maximum atomic E-state index is 13.9. The molecule has 2 rings (SSSR count). The van der Waals surface area contributed by atoms with Gasteiger partial charge in [0, 0.05) is 0 Å². The van der Waals surface area contributed by atoms with Gasteiger partial charge in [-0.15, -0.1) is 0 Å². The van der Waals surface area contributed by atoms with Crippen molar-refractivity contribution in [2.24, 2.45) is 11.8 Å². The Labute approximate surface area is 179 Å². The van der Waals surface area contributed by atoms with Crippen molar-refractivity contribution >= 4 is 5.97 Å². The van der Waals surface area contributed by atoms with Crippen molar-refractivity contribution < 1.29 is 29.2 Å². The molecule has 0 spiro atoms. The van der Waals surface area contributed by atoms with Gasteiger partial charge in [0.1, 0.15) is 5.82 Å². The first-order valence-corrected chi connectivity index (χ1v) is 11.1. The van der Waals surface area contributed by atoms with Gasteiger partial charge in [0.15, 0.2) is 0 Å². The summed E-state index contributed by atoms with van der Waals surface area (Å²) in [5.41, 5.74) is 1.16. The molecule has 1 aliphatic carbocycles. The molecule has 0 saturated heterocycles. The average Bonchev–Trinajstić information content (AvgIpc) is 2.97. The number of ether oxygens (including phenoxy) is 1. The SMILES string of the molecule is COC(=O)C(CCCCC[C@@H]1[C@@H](CCC(C)O)[C@H](O)C[C@@H]1O)c1cccc(F)c1C. The van der Waals surface area contributed by atoms with Crippen LogP contribution in [0.2, 0.25) is 0 Å². The van der Waals surface area contributed by atoms with Crippen molar-refractivity contribution in [2.45, 2.75) is 89.4 Å². The van der Waals surface area contributed by atoms with E-state index in [2.05, 4.69) is 0 Å². The van der Waals surface area contributed by atoms with Crippen LogP contribution in [0.25, 0.3) is 0 Å². The highest BCUT2D eigenvalue weighted by Crippen LogP contribution is 2.39. The molecule has 1 aliphatic rings. The van der Waals surface area contributed by atoms with Gasteiger partial charge in [0.2, 0.25) is 0 Å². The fourth-order valence-electron chi connectivity index (χ4n) is 4.86. The molecule has 0 radical (unpaired) electrons. The summed E-state index contributed by atoms with van der Waals surface area (Å²) >= 11 is 0. The summed E-state index contributed by atoms with van der Waals surface area (Å²) in [6.07, 6.45) is 4.26. The number of aliphatic hydroxyl groups is 3. The maximum Gasteiger partial charge on any atom is 0.313 e. The van der Waals surface area contributed by atoms with Crippen LogP contribution < -0.4 is 0 Å². The number of methoxy groups -OCH3 is 1. The molecule has 0 aliphatic heterocycles. The molecule has 0 amide bonds. The topological polar surface area (TPSA) is 87.0 Å². The Morgan fingerprint density at radius 1 is 1.13 bits per heavy atom. The highest BCUT2D eigenvalue weighted by atomic mass is 19.1. The van der Waals surface area contributed by atoms with Crippen LogP contribution >= 0.6 is 0 Å². The third-order valence-electron chi connectivity index (χ3n) is 6.64. The summed E-state index contributed by atoms with van der Waals surface area (Å²) in [4.78, 5) is 12.3. The van der Waals surface area contributed by atoms with E-state index in [1.165, 1.54) is 13.2 Å². The fraction of sp³-hybridized carbons (Fsp3) is 0.708. The summed E-state index contributed by atoms with van der Waals surface area (Å²) in [5, 5.41) is 30.1. The van der Waals surface area contributed by atoms with E-state index in [1.807, 2.05) is 0 Å². The molecular weight excluding hydrogens is 387 g/mol. The Bertz CT molecular complexity index is 678. The number of aliphatic hydroxyl groups excluding tert-OH is 3. The summed E-state index contributed by atoms with van der Waals surface area (Å²) in [6, 6.07) is 4.79. The number of hydrogen-bond donors (Lipinski definition) is 3. The minimum absolute atomic E-state index is 0.0207. The van der Waals surface area contributed by atoms with E-state index in [0.717, 1.165) is 25.7 Å². The molecule has 5 nitrogen and oxygen atoms in total. The minimum Gasteiger partial charge on any atom is -0.469 e. The second-order valence-corrected chi connectivity index (χ2v) is 8.79. The van der Waals surface area contributed by atoms with Crippen LogP contribution in [-0.4, -0.2) is 46.7 Å². The summed E-state index contributed by atoms with van der Waals surface area (Å²) < 4.78 is 18.9. The molecule has 1 saturated carbocycles. The standard InChI is InChI=1S/C24H37FO5/c1-15(26)12-13-19-18(22(27)14-23(19)28)8-5-4-6-9-20(24(29)30-3)17-10-7-11-21(25)16(17)2/h7,10-11,15,18-20,22-23,26-28H,4-6,8-9,12-14H2,1-3H3/t15?,18-,19-,20?,22+,23-/m1/s1. The Balaban J connectivity index is 1.87. The molecule has 0 aromatic heterocycles. The number of esters is 1. The van der Waals surface area contributed by atoms with E-state index >= 15 is 0 Å². The zero-order valence-corrected chi connectivity index (χ0v) is 18.4. The van der Waals surface area contributed by atoms with Crippen molar-refractivity contribution in [3.8, 4) is 0 Å². The highest BCUT2D eigenvalue weighted by Gasteiger charge is 2.40. The van der Waals surface area contributed by atoms with Crippen LogP contribution in [0, 0.1) is 24.6 Å². The first-order valence-electron chi connectivity index (χ1n) is 11.1. The van der Waals surface area contributed by atoms with Crippen LogP contribution in [0.4, 0.5) is 4.39 Å². The van der Waals surface area contributed by atoms with Gasteiger partial charge in [0.25, 0.3) is 0 Å². The maximum absolute atomic E-state index is 13.9. The zero-order valence-electron chi connectivity index (χ0n) is 18.4. The van der Waals surface area contributed by atoms with Gasteiger partial charge in [0.05, 0.1) is 31.3 Å². The first-order chi connectivity index (χ1) is 14.3. The molecule has 6 atom stereocenters. The molecular formula is C24H37FO5. The largest absolute Gasteiger partial charge is 0.469 e. The number of hydrogen-bond acceptors (Lipinski definition) is 5. The van der Waals surface area contributed by atoms with Crippen LogP contribution in [0.1, 0.15) is 75.3 Å². The number of rotatable bonds is 11. The number of unbranched alkanes of at least 4 members (excludes halogenated alkanes) is 2. The minimum atomic E-state index is -0.511. The van der Waals surface area contributed by atoms with Crippen molar-refractivity contribution in [3.05, 3.63) is 35.1 Å². The van der Waals surface area contributed by atoms with E-state index in [0.29, 0.717) is 36.8 Å². The van der Waals surface area contributed by atoms with E-state index in [4.69, 9.17) is 4.74 Å². The van der Waals surface area contributed by atoms with Gasteiger partial charge >= 0.3 is 5.97 Å². The van der Waals surface area contributed by atoms with E-state index in [-0.39, 0.29) is 23.6 Å². The van der Waals surface area contributed by atoms with Crippen LogP contribution in [0.5, 0.6) is 0 Å². The fourth-order valence-corrected chi connectivity index (χ4v) is 4.86. The monoisotopic (exact) mass is 424 g/mol. The smallest absolute Gasteiger partial charge is 0.313 e. The predicted octanol–water partition coefficient (Wildman–Crippen LogP) is 3.86. The lowest BCUT2D eigenvalue weighted by molar-refractivity contribution is -0.142. The molecule has 0 heterocycles. The lowest BCUT2D eigenvalue weighted by atomic mass is 9.84. The summed E-state index contributed by atoms with van der Waals surface area (Å²) in [6.45, 7) is 3.42. The third-order valence-corrected chi connectivity index (χ3v) is 6.64. The van der Waals surface area contributed by atoms with Crippen molar-refractivity contribution in [2.75, 3.05) is 7.11 Å². The molecule has 0 bridgehead atoms. The van der Waals surface area contributed by atoms with Gasteiger partial charge in [-0.25, -0.2) is 4.39 Å². The van der Waals surface area contributed by atoms with Crippen LogP contribution in [0.3, 0.4) is 0 Å². The van der Waals surface area contributed by atoms with Gasteiger partial charge in [-0.05, 0) is 75.0 Å². The average molecular weight is 425 g/mol. The number of carbonyl (C=O) groups excluding carboxylic acids is 1. The number of halogens is 1. The lowest BCUT2D eigenvalue weighted by Crippen LogP contribution is -2.23. The Morgan fingerprint density at radius 3 is 2.43 bits per heavy atom. The quantitative estimate of drug-likeness (QED) is 0.371. The van der Waals surface area contributed by atoms with E-state index < -0.39 is 24.2 Å². The Kier molecular flexibility index (Phi) is 9.72. The van der Waals surface area contributed by atoms with Gasteiger partial charge in [-0.2, -0.15) is 0 Å². The summed E-state index contributed by atoms with van der Waals surface area (Å²) in [5.74, 6) is -1.09. The van der Waals surface area contributed by atoms with Crippen LogP contribution in [-0.2, 0) is 9.53 Å². The van der Waals surface area contributed by atoms with Crippen molar-refractivity contribution in [1.82, 2.24) is 0 Å². The van der Waals surface area contributed by atoms with Crippen molar-refractivity contribution in [3.63, 3.8) is 0 Å². The molecule has 2 unspecified atom stereocenters. The van der Waals surface area contributed by atoms with Gasteiger partial charge < -0.3 is 20.1 Å². The molecule has 3 N–H and O–H groups in total. The zero-order chi connectivity index (χ0) is 22.3. The summed E-state index contributed by atoms with van der Waals surface area (Å²) in [7, 11) is 1.35. The highest BCUT2D eigenvalue weighted by molar-refractivity contribution is 5.78. The number of carbonyl (C=O) groups is 1. The number of benzene rings is 1. The normalized spacial score (nSPS) is 25.8. The molecule has 1 aromatic rings. The second kappa shape index (κ2) is 11.8. The Morgan fingerprint density at radius 2 is 1.80 bits per heavy atom. The van der Waals surface area contributed by atoms with Crippen LogP contribution in [0.15, 0.2) is 18.2 Å². The first kappa shape index (κ1) is 24.8. The predicted molar refractivity (Wildman–Crippen MR) is 114 cm³/mol. The van der Waals surface area contributed by atoms with E-state index in [9.17, 15) is 24.5 Å². The second-order valence-electron chi connectivity index (χ2n) is 8.79. The Hall–Kier alpha value is -1.50. The molecule has 30 heavy (non-hydrogen) atoms. The lowest BCUT2D eigenvalue weighted by Gasteiger charge is -2.24. The van der Waals surface area contributed by atoms with Crippen molar-refractivity contribution in [1.29, 1.82) is 0 Å². The molecule has 1 aromatic carbocycles. The third kappa shape index (κ3) is 6.50. The van der Waals surface area contributed by atoms with Gasteiger partial charge in [-0.1, -0.05) is 31.4 Å². The van der Waals surface area contributed by atoms with Gasteiger partial charge in [-0.3, -0.25) is 4.79 Å². The van der Waals surface area contributed by atoms with E-state index in [1.54, 1.807) is 26.0 Å². The molecule has 6 heteroatoms. The molecule has 1 fully saturated rings. The molecule has 170 valence electrons.